The standard InChI is InChI=1S/C8H17NO/c1-8(2)5-3-4-6(10)7(8)9/h6-7,10H,3-5,9H2,1-2H3/t6-,7-/m1/s1. The van der Waals surface area contributed by atoms with Crippen LogP contribution in [0.1, 0.15) is 33.1 Å². The minimum absolute atomic E-state index is 0.0266. The molecule has 10 heavy (non-hydrogen) atoms. The van der Waals surface area contributed by atoms with E-state index in [1.54, 1.807) is 0 Å². The van der Waals surface area contributed by atoms with Crippen LogP contribution in [0.3, 0.4) is 0 Å². The van der Waals surface area contributed by atoms with Gasteiger partial charge in [0.1, 0.15) is 0 Å². The molecular formula is C8H17NO. The lowest BCUT2D eigenvalue weighted by atomic mass is 9.72. The van der Waals surface area contributed by atoms with E-state index in [9.17, 15) is 5.11 Å². The lowest BCUT2D eigenvalue weighted by molar-refractivity contribution is 0.0392. The summed E-state index contributed by atoms with van der Waals surface area (Å²) in [6.07, 6.45) is 2.86. The molecule has 0 aliphatic heterocycles. The van der Waals surface area contributed by atoms with E-state index >= 15 is 0 Å². The van der Waals surface area contributed by atoms with Crippen molar-refractivity contribution >= 4 is 0 Å². The van der Waals surface area contributed by atoms with Crippen molar-refractivity contribution in [1.29, 1.82) is 0 Å². The fourth-order valence-electron chi connectivity index (χ4n) is 1.63. The first-order valence-electron chi connectivity index (χ1n) is 3.98. The van der Waals surface area contributed by atoms with Crippen molar-refractivity contribution in [3.05, 3.63) is 0 Å². The summed E-state index contributed by atoms with van der Waals surface area (Å²) in [5, 5.41) is 9.39. The van der Waals surface area contributed by atoms with Gasteiger partial charge in [-0.15, -0.1) is 0 Å². The first kappa shape index (κ1) is 8.02. The van der Waals surface area contributed by atoms with E-state index in [2.05, 4.69) is 13.8 Å². The maximum Gasteiger partial charge on any atom is 0.0696 e. The van der Waals surface area contributed by atoms with Crippen LogP contribution >= 0.6 is 0 Å². The monoisotopic (exact) mass is 143 g/mol. The predicted molar refractivity (Wildman–Crippen MR) is 41.6 cm³/mol. The smallest absolute Gasteiger partial charge is 0.0696 e. The van der Waals surface area contributed by atoms with Gasteiger partial charge in [0.2, 0.25) is 0 Å². The van der Waals surface area contributed by atoms with Crippen LogP contribution in [-0.4, -0.2) is 17.3 Å². The van der Waals surface area contributed by atoms with Gasteiger partial charge >= 0.3 is 0 Å². The molecule has 60 valence electrons. The van der Waals surface area contributed by atoms with E-state index in [-0.39, 0.29) is 17.6 Å². The summed E-state index contributed by atoms with van der Waals surface area (Å²) in [7, 11) is 0. The van der Waals surface area contributed by atoms with Gasteiger partial charge in [-0.2, -0.15) is 0 Å². The predicted octanol–water partition coefficient (Wildman–Crippen LogP) is 0.885. The Morgan fingerprint density at radius 1 is 1.50 bits per heavy atom. The van der Waals surface area contributed by atoms with Crippen molar-refractivity contribution in [2.45, 2.75) is 45.3 Å². The lowest BCUT2D eigenvalue weighted by Crippen LogP contribution is -2.49. The Balaban J connectivity index is 2.60. The molecule has 0 unspecified atom stereocenters. The number of hydrogen-bond acceptors (Lipinski definition) is 2. The van der Waals surface area contributed by atoms with Crippen LogP contribution in [0.15, 0.2) is 0 Å². The van der Waals surface area contributed by atoms with Crippen LogP contribution in [-0.2, 0) is 0 Å². The maximum absolute atomic E-state index is 9.39. The second-order valence-electron chi connectivity index (χ2n) is 3.97. The molecule has 3 N–H and O–H groups in total. The maximum atomic E-state index is 9.39. The van der Waals surface area contributed by atoms with Crippen LogP contribution in [0.5, 0.6) is 0 Å². The second-order valence-corrected chi connectivity index (χ2v) is 3.97. The molecule has 1 saturated carbocycles. The van der Waals surface area contributed by atoms with Gasteiger partial charge in [0.05, 0.1) is 6.10 Å². The van der Waals surface area contributed by atoms with Crippen LogP contribution < -0.4 is 5.73 Å². The molecule has 0 spiro atoms. The zero-order valence-corrected chi connectivity index (χ0v) is 6.80. The Labute approximate surface area is 62.4 Å². The third-order valence-electron chi connectivity index (χ3n) is 2.64. The molecule has 0 saturated heterocycles. The zero-order valence-electron chi connectivity index (χ0n) is 6.80. The van der Waals surface area contributed by atoms with Crippen molar-refractivity contribution in [3.63, 3.8) is 0 Å². The van der Waals surface area contributed by atoms with Crippen molar-refractivity contribution < 1.29 is 5.11 Å². The van der Waals surface area contributed by atoms with E-state index in [4.69, 9.17) is 5.73 Å². The van der Waals surface area contributed by atoms with E-state index in [0.29, 0.717) is 0 Å². The van der Waals surface area contributed by atoms with E-state index in [1.807, 2.05) is 0 Å². The van der Waals surface area contributed by atoms with Gasteiger partial charge < -0.3 is 10.8 Å². The lowest BCUT2D eigenvalue weighted by Gasteiger charge is -2.39. The van der Waals surface area contributed by atoms with Gasteiger partial charge in [0, 0.05) is 6.04 Å². The molecule has 2 nitrogen and oxygen atoms in total. The topological polar surface area (TPSA) is 46.2 Å². The first-order chi connectivity index (χ1) is 4.54. The summed E-state index contributed by atoms with van der Waals surface area (Å²) in [5.41, 5.74) is 5.94. The zero-order chi connectivity index (χ0) is 7.78. The van der Waals surface area contributed by atoms with Crippen LogP contribution in [0.25, 0.3) is 0 Å². The molecule has 0 aromatic rings. The number of aliphatic hydroxyl groups is 1. The summed E-state index contributed by atoms with van der Waals surface area (Å²) in [6, 6.07) is -0.0266. The molecule has 0 bridgehead atoms. The summed E-state index contributed by atoms with van der Waals surface area (Å²) < 4.78 is 0. The van der Waals surface area contributed by atoms with Crippen molar-refractivity contribution in [2.75, 3.05) is 0 Å². The fourth-order valence-corrected chi connectivity index (χ4v) is 1.63. The summed E-state index contributed by atoms with van der Waals surface area (Å²) in [5.74, 6) is 0. The number of rotatable bonds is 0. The molecule has 1 aliphatic carbocycles. The number of aliphatic hydroxyl groups excluding tert-OH is 1. The van der Waals surface area contributed by atoms with Crippen LogP contribution in [0.4, 0.5) is 0 Å². The summed E-state index contributed by atoms with van der Waals surface area (Å²) >= 11 is 0. The molecule has 0 heterocycles. The third kappa shape index (κ3) is 1.32. The van der Waals surface area contributed by atoms with E-state index < -0.39 is 0 Å². The molecule has 0 amide bonds. The van der Waals surface area contributed by atoms with Gasteiger partial charge in [0.15, 0.2) is 0 Å². The molecule has 0 radical (unpaired) electrons. The summed E-state index contributed by atoms with van der Waals surface area (Å²) in [6.45, 7) is 4.25. The highest BCUT2D eigenvalue weighted by atomic mass is 16.3. The fraction of sp³-hybridized carbons (Fsp3) is 1.00. The average molecular weight is 143 g/mol. The van der Waals surface area contributed by atoms with Gasteiger partial charge in [-0.05, 0) is 18.3 Å². The van der Waals surface area contributed by atoms with Gasteiger partial charge in [-0.1, -0.05) is 20.3 Å². The first-order valence-corrected chi connectivity index (χ1v) is 3.98. The Hall–Kier alpha value is -0.0800. The van der Waals surface area contributed by atoms with Gasteiger partial charge in [-0.3, -0.25) is 0 Å². The summed E-state index contributed by atoms with van der Waals surface area (Å²) in [4.78, 5) is 0. The number of hydrogen-bond donors (Lipinski definition) is 2. The van der Waals surface area contributed by atoms with E-state index in [1.165, 1.54) is 0 Å². The van der Waals surface area contributed by atoms with Crippen LogP contribution in [0.2, 0.25) is 0 Å². The highest BCUT2D eigenvalue weighted by Crippen LogP contribution is 2.34. The average Bonchev–Trinajstić information content (AvgIpc) is 1.83. The Bertz CT molecular complexity index is 122. The molecule has 2 atom stereocenters. The quantitative estimate of drug-likeness (QED) is 0.529. The molecule has 1 rings (SSSR count). The second kappa shape index (κ2) is 2.51. The normalized spacial score (nSPS) is 39.6. The van der Waals surface area contributed by atoms with Crippen molar-refractivity contribution in [2.24, 2.45) is 11.1 Å². The number of nitrogens with two attached hydrogens (primary N) is 1. The molecule has 2 heteroatoms. The highest BCUT2D eigenvalue weighted by Gasteiger charge is 2.35. The highest BCUT2D eigenvalue weighted by molar-refractivity contribution is 4.90. The Morgan fingerprint density at radius 2 is 2.10 bits per heavy atom. The molecule has 0 aromatic carbocycles. The largest absolute Gasteiger partial charge is 0.391 e. The third-order valence-corrected chi connectivity index (χ3v) is 2.64. The SMILES string of the molecule is CC1(C)CCC[C@@H](O)[C@H]1N. The van der Waals surface area contributed by atoms with Crippen molar-refractivity contribution in [1.82, 2.24) is 0 Å². The minimum atomic E-state index is -0.274. The van der Waals surface area contributed by atoms with Gasteiger partial charge in [-0.25, -0.2) is 0 Å². The Kier molecular flexibility index (Phi) is 2.02. The van der Waals surface area contributed by atoms with Crippen LogP contribution in [0, 0.1) is 5.41 Å². The molecule has 1 aliphatic rings. The minimum Gasteiger partial charge on any atom is -0.391 e. The molecule has 0 aromatic heterocycles. The molecular weight excluding hydrogens is 126 g/mol. The van der Waals surface area contributed by atoms with Crippen molar-refractivity contribution in [3.8, 4) is 0 Å². The Morgan fingerprint density at radius 3 is 2.50 bits per heavy atom. The van der Waals surface area contributed by atoms with Gasteiger partial charge in [0.25, 0.3) is 0 Å². The van der Waals surface area contributed by atoms with E-state index in [0.717, 1.165) is 19.3 Å². The molecule has 1 fully saturated rings.